The van der Waals surface area contributed by atoms with Crippen molar-refractivity contribution in [1.29, 1.82) is 0 Å². The molecular weight excluding hydrogens is 304 g/mol. The molecule has 4 rings (SSSR count). The van der Waals surface area contributed by atoms with Crippen molar-refractivity contribution in [3.8, 4) is 0 Å². The van der Waals surface area contributed by atoms with Crippen LogP contribution in [0, 0.1) is 6.92 Å². The molecule has 2 aromatic rings. The molecule has 126 valence electrons. The van der Waals surface area contributed by atoms with E-state index in [2.05, 4.69) is 15.2 Å². The summed E-state index contributed by atoms with van der Waals surface area (Å²) >= 11 is 0. The highest BCUT2D eigenvalue weighted by molar-refractivity contribution is 5.92. The maximum absolute atomic E-state index is 12.7. The molecule has 2 aromatic heterocycles. The normalized spacial score (nSPS) is 21.0. The van der Waals surface area contributed by atoms with Crippen molar-refractivity contribution < 1.29 is 4.79 Å². The van der Waals surface area contributed by atoms with Gasteiger partial charge in [-0.1, -0.05) is 0 Å². The molecule has 2 aliphatic rings. The van der Waals surface area contributed by atoms with Crippen molar-refractivity contribution in [3.05, 3.63) is 51.2 Å². The minimum absolute atomic E-state index is 0.0159. The fourth-order valence-electron chi connectivity index (χ4n) is 3.56. The molecule has 0 aromatic carbocycles. The van der Waals surface area contributed by atoms with E-state index < -0.39 is 0 Å². The van der Waals surface area contributed by atoms with Gasteiger partial charge < -0.3 is 9.88 Å². The van der Waals surface area contributed by atoms with Gasteiger partial charge >= 0.3 is 0 Å². The van der Waals surface area contributed by atoms with Crippen LogP contribution in [0.2, 0.25) is 0 Å². The van der Waals surface area contributed by atoms with Crippen molar-refractivity contribution in [2.75, 3.05) is 13.1 Å². The van der Waals surface area contributed by atoms with Gasteiger partial charge in [-0.25, -0.2) is 0 Å². The monoisotopic (exact) mass is 326 g/mol. The van der Waals surface area contributed by atoms with Crippen LogP contribution >= 0.6 is 0 Å². The molecule has 1 amide bonds. The number of nitrogens with one attached hydrogen (secondary N) is 2. The van der Waals surface area contributed by atoms with Gasteiger partial charge in [0.1, 0.15) is 5.69 Å². The predicted molar refractivity (Wildman–Crippen MR) is 90.2 cm³/mol. The Morgan fingerprint density at radius 1 is 1.17 bits per heavy atom. The van der Waals surface area contributed by atoms with E-state index in [0.717, 1.165) is 36.5 Å². The summed E-state index contributed by atoms with van der Waals surface area (Å²) in [5.74, 6) is 0.723. The predicted octanol–water partition coefficient (Wildman–Crippen LogP) is 2.30. The SMILES string of the molecule is Cc1cc(=O)cc([C@@H]2CCCN(C(=O)c3cc(C4CC4)[nH]n3)C2)[nH]1. The molecule has 3 heterocycles. The average molecular weight is 326 g/mol. The van der Waals surface area contributed by atoms with Crippen LogP contribution in [0.3, 0.4) is 0 Å². The maximum atomic E-state index is 12.7. The number of aromatic nitrogens is 3. The summed E-state index contributed by atoms with van der Waals surface area (Å²) in [5, 5.41) is 7.21. The number of hydrogen-bond donors (Lipinski definition) is 2. The van der Waals surface area contributed by atoms with E-state index in [0.29, 0.717) is 18.2 Å². The molecule has 1 saturated carbocycles. The van der Waals surface area contributed by atoms with E-state index in [9.17, 15) is 9.59 Å². The van der Waals surface area contributed by atoms with Gasteiger partial charge in [0.05, 0.1) is 0 Å². The lowest BCUT2D eigenvalue weighted by atomic mass is 9.94. The molecular formula is C18H22N4O2. The third-order valence-corrected chi connectivity index (χ3v) is 4.98. The summed E-state index contributed by atoms with van der Waals surface area (Å²) in [6.07, 6.45) is 4.29. The molecule has 0 unspecified atom stereocenters. The highest BCUT2D eigenvalue weighted by atomic mass is 16.2. The minimum atomic E-state index is -0.0159. The van der Waals surface area contributed by atoms with Crippen LogP contribution in [-0.4, -0.2) is 39.1 Å². The van der Waals surface area contributed by atoms with Crippen LogP contribution in [0.5, 0.6) is 0 Å². The molecule has 2 fully saturated rings. The topological polar surface area (TPSA) is 81.8 Å². The van der Waals surface area contributed by atoms with Gasteiger partial charge in [-0.2, -0.15) is 5.10 Å². The molecule has 0 spiro atoms. The number of carbonyl (C=O) groups is 1. The number of piperidine rings is 1. The average Bonchev–Trinajstić information content (AvgIpc) is 3.31. The summed E-state index contributed by atoms with van der Waals surface area (Å²) < 4.78 is 0. The lowest BCUT2D eigenvalue weighted by Gasteiger charge is -2.32. The number of aryl methyl sites for hydroxylation is 1. The Morgan fingerprint density at radius 3 is 2.75 bits per heavy atom. The first-order valence-electron chi connectivity index (χ1n) is 8.65. The Balaban J connectivity index is 1.51. The van der Waals surface area contributed by atoms with Crippen molar-refractivity contribution in [3.63, 3.8) is 0 Å². The zero-order valence-corrected chi connectivity index (χ0v) is 13.8. The molecule has 1 saturated heterocycles. The van der Waals surface area contributed by atoms with Crippen LogP contribution in [0.25, 0.3) is 0 Å². The highest BCUT2D eigenvalue weighted by Gasteiger charge is 2.30. The second kappa shape index (κ2) is 5.92. The van der Waals surface area contributed by atoms with Gasteiger partial charge in [-0.3, -0.25) is 14.7 Å². The standard InChI is InChI=1S/C18H22N4O2/c1-11-7-14(23)8-15(19-11)13-3-2-6-22(10-13)18(24)17-9-16(20-21-17)12-4-5-12/h7-9,12-13H,2-6,10H2,1H3,(H,19,23)(H,20,21)/t13-/m1/s1. The lowest BCUT2D eigenvalue weighted by molar-refractivity contribution is 0.0700. The first kappa shape index (κ1) is 15.2. The summed E-state index contributed by atoms with van der Waals surface area (Å²) in [7, 11) is 0. The zero-order valence-electron chi connectivity index (χ0n) is 13.8. The van der Waals surface area contributed by atoms with Gasteiger partial charge in [0.2, 0.25) is 0 Å². The number of amides is 1. The highest BCUT2D eigenvalue weighted by Crippen LogP contribution is 2.39. The molecule has 0 radical (unpaired) electrons. The van der Waals surface area contributed by atoms with Crippen molar-refractivity contribution in [1.82, 2.24) is 20.1 Å². The van der Waals surface area contributed by atoms with Crippen LogP contribution in [0.15, 0.2) is 23.0 Å². The number of hydrogen-bond acceptors (Lipinski definition) is 3. The maximum Gasteiger partial charge on any atom is 0.274 e. The van der Waals surface area contributed by atoms with E-state index >= 15 is 0 Å². The van der Waals surface area contributed by atoms with E-state index in [1.54, 1.807) is 12.1 Å². The van der Waals surface area contributed by atoms with Crippen LogP contribution in [0.1, 0.15) is 65.1 Å². The van der Waals surface area contributed by atoms with Gasteiger partial charge in [-0.05, 0) is 38.7 Å². The number of H-pyrrole nitrogens is 2. The first-order chi connectivity index (χ1) is 11.6. The molecule has 0 bridgehead atoms. The van der Waals surface area contributed by atoms with Gasteiger partial charge in [0.25, 0.3) is 5.91 Å². The van der Waals surface area contributed by atoms with Gasteiger partial charge in [0, 0.05) is 54.1 Å². The Kier molecular flexibility index (Phi) is 3.75. The second-order valence-corrected chi connectivity index (χ2v) is 7.03. The summed E-state index contributed by atoms with van der Waals surface area (Å²) in [6, 6.07) is 5.15. The Bertz CT molecular complexity index is 818. The molecule has 1 atom stereocenters. The smallest absolute Gasteiger partial charge is 0.274 e. The van der Waals surface area contributed by atoms with E-state index in [-0.39, 0.29) is 17.3 Å². The Labute approximate surface area is 140 Å². The van der Waals surface area contributed by atoms with Crippen LogP contribution in [-0.2, 0) is 0 Å². The quantitative estimate of drug-likeness (QED) is 0.908. The second-order valence-electron chi connectivity index (χ2n) is 7.03. The molecule has 24 heavy (non-hydrogen) atoms. The van der Waals surface area contributed by atoms with E-state index in [1.165, 1.54) is 12.8 Å². The summed E-state index contributed by atoms with van der Waals surface area (Å²) in [5.41, 5.74) is 3.40. The Morgan fingerprint density at radius 2 is 2.00 bits per heavy atom. The Hall–Kier alpha value is -2.37. The number of nitrogens with zero attached hydrogens (tertiary/aromatic N) is 2. The number of rotatable bonds is 3. The zero-order chi connectivity index (χ0) is 16.7. The molecule has 1 aliphatic carbocycles. The molecule has 6 heteroatoms. The fraction of sp³-hybridized carbons (Fsp3) is 0.500. The molecule has 6 nitrogen and oxygen atoms in total. The number of likely N-dealkylation sites (tertiary alicyclic amines) is 1. The summed E-state index contributed by atoms with van der Waals surface area (Å²) in [4.78, 5) is 29.6. The van der Waals surface area contributed by atoms with Gasteiger partial charge in [-0.15, -0.1) is 0 Å². The van der Waals surface area contributed by atoms with E-state index in [4.69, 9.17) is 0 Å². The third kappa shape index (κ3) is 3.00. The molecule has 1 aliphatic heterocycles. The van der Waals surface area contributed by atoms with Crippen molar-refractivity contribution in [2.45, 2.75) is 44.4 Å². The largest absolute Gasteiger partial charge is 0.362 e. The van der Waals surface area contributed by atoms with Crippen molar-refractivity contribution >= 4 is 5.91 Å². The third-order valence-electron chi connectivity index (χ3n) is 4.98. The number of carbonyl (C=O) groups excluding carboxylic acids is 1. The lowest BCUT2D eigenvalue weighted by Crippen LogP contribution is -2.39. The number of pyridine rings is 1. The van der Waals surface area contributed by atoms with Gasteiger partial charge in [0.15, 0.2) is 5.43 Å². The van der Waals surface area contributed by atoms with Crippen LogP contribution in [0.4, 0.5) is 0 Å². The van der Waals surface area contributed by atoms with Crippen LogP contribution < -0.4 is 5.43 Å². The number of aromatic amines is 2. The summed E-state index contributed by atoms with van der Waals surface area (Å²) in [6.45, 7) is 3.26. The fourth-order valence-corrected chi connectivity index (χ4v) is 3.56. The van der Waals surface area contributed by atoms with Crippen molar-refractivity contribution in [2.24, 2.45) is 0 Å². The van der Waals surface area contributed by atoms with E-state index in [1.807, 2.05) is 17.9 Å². The molecule has 2 N–H and O–H groups in total. The minimum Gasteiger partial charge on any atom is -0.362 e. The first-order valence-corrected chi connectivity index (χ1v) is 8.65.